The van der Waals surface area contributed by atoms with Gasteiger partial charge in [0, 0.05) is 27.1 Å². The smallest absolute Gasteiger partial charge is 0.240 e. The van der Waals surface area contributed by atoms with Crippen LogP contribution in [-0.4, -0.2) is 32.5 Å². The number of nitrogens with two attached hydrogens (primary N) is 1. The molecular formula is C27H28FN5O2. The number of ketones is 1. The van der Waals surface area contributed by atoms with Crippen LogP contribution >= 0.6 is 0 Å². The number of halogens is 1. The van der Waals surface area contributed by atoms with Crippen molar-refractivity contribution in [1.29, 1.82) is 0 Å². The first-order chi connectivity index (χ1) is 17.6. The summed E-state index contributed by atoms with van der Waals surface area (Å²) >= 11 is 0. The fourth-order valence-electron chi connectivity index (χ4n) is 4.34. The molecule has 0 aliphatic heterocycles. The molecule has 7 nitrogen and oxygen atoms in total. The molecule has 35 heavy (non-hydrogen) atoms. The number of anilines is 1. The first kappa shape index (κ1) is 20.6. The Hall–Kier alpha value is -3.81. The van der Waals surface area contributed by atoms with Crippen molar-refractivity contribution in [3.63, 3.8) is 0 Å². The van der Waals surface area contributed by atoms with Gasteiger partial charge in [0.2, 0.25) is 11.8 Å². The number of pyridine rings is 2. The number of fused-ring (bicyclic) bond motifs is 1. The average Bonchev–Trinajstić information content (AvgIpc) is 3.60. The van der Waals surface area contributed by atoms with Crippen molar-refractivity contribution < 1.29 is 16.7 Å². The highest BCUT2D eigenvalue weighted by Crippen LogP contribution is 2.35. The molecule has 1 fully saturated rings. The van der Waals surface area contributed by atoms with Crippen LogP contribution in [0.4, 0.5) is 10.3 Å². The Morgan fingerprint density at radius 2 is 2.11 bits per heavy atom. The third-order valence-corrected chi connectivity index (χ3v) is 6.41. The maximum atomic E-state index is 14.4. The molecule has 0 radical (unpaired) electrons. The van der Waals surface area contributed by atoms with E-state index >= 15 is 0 Å². The van der Waals surface area contributed by atoms with Crippen LogP contribution in [0.15, 0.2) is 42.7 Å². The summed E-state index contributed by atoms with van der Waals surface area (Å²) < 4.78 is 38.9. The van der Waals surface area contributed by atoms with Gasteiger partial charge in [-0.05, 0) is 84.6 Å². The quantitative estimate of drug-likeness (QED) is 0.343. The summed E-state index contributed by atoms with van der Waals surface area (Å²) in [5.41, 5.74) is 9.45. The number of Topliss-reactive ketones (excluding diaryl/α,β-unsaturated/α-hetero) is 1. The molecule has 0 amide bonds. The van der Waals surface area contributed by atoms with Gasteiger partial charge in [-0.3, -0.25) is 4.79 Å². The normalized spacial score (nSPS) is 14.6. The van der Waals surface area contributed by atoms with E-state index in [1.54, 1.807) is 37.5 Å². The molecular weight excluding hydrogens is 445 g/mol. The SMILES string of the molecule is [2H]C([2H])(CC(=O)c1cc(-c2ccn3nc(N)nc3c2)cnc1OC)c1cc(F)cc(C)c1CCC1CC1. The van der Waals surface area contributed by atoms with E-state index in [0.29, 0.717) is 29.1 Å². The predicted molar refractivity (Wildman–Crippen MR) is 132 cm³/mol. The Kier molecular flexibility index (Phi) is 5.55. The summed E-state index contributed by atoms with van der Waals surface area (Å²) in [5, 5.41) is 4.06. The maximum Gasteiger partial charge on any atom is 0.240 e. The zero-order valence-electron chi connectivity index (χ0n) is 21.7. The van der Waals surface area contributed by atoms with Gasteiger partial charge in [-0.1, -0.05) is 12.8 Å². The van der Waals surface area contributed by atoms with Gasteiger partial charge in [-0.25, -0.2) is 13.9 Å². The summed E-state index contributed by atoms with van der Waals surface area (Å²) in [7, 11) is 1.41. The monoisotopic (exact) mass is 475 g/mol. The molecule has 1 aliphatic rings. The number of nitrogens with zero attached hydrogens (tertiary/aromatic N) is 4. The lowest BCUT2D eigenvalue weighted by molar-refractivity contribution is 0.0979. The van der Waals surface area contributed by atoms with E-state index in [1.165, 1.54) is 36.6 Å². The second-order valence-electron chi connectivity index (χ2n) is 8.98. The number of aromatic nitrogens is 4. The molecule has 3 heterocycles. The number of aryl methyl sites for hydroxylation is 2. The van der Waals surface area contributed by atoms with Crippen molar-refractivity contribution in [2.75, 3.05) is 12.8 Å². The van der Waals surface area contributed by atoms with Crippen molar-refractivity contribution in [1.82, 2.24) is 19.6 Å². The van der Waals surface area contributed by atoms with Crippen LogP contribution in [0.1, 0.15) is 55.5 Å². The fourth-order valence-corrected chi connectivity index (χ4v) is 4.34. The molecule has 8 heteroatoms. The van der Waals surface area contributed by atoms with E-state index in [0.717, 1.165) is 17.5 Å². The van der Waals surface area contributed by atoms with Gasteiger partial charge in [0.15, 0.2) is 11.4 Å². The number of nitrogen functional groups attached to an aromatic ring is 1. The molecule has 1 saturated carbocycles. The number of hydrogen-bond donors (Lipinski definition) is 1. The van der Waals surface area contributed by atoms with E-state index < -0.39 is 24.4 Å². The summed E-state index contributed by atoms with van der Waals surface area (Å²) in [6, 6.07) is 7.84. The largest absolute Gasteiger partial charge is 0.480 e. The second-order valence-corrected chi connectivity index (χ2v) is 8.98. The molecule has 1 aromatic carbocycles. The number of methoxy groups -OCH3 is 1. The molecule has 180 valence electrons. The van der Waals surface area contributed by atoms with Crippen LogP contribution in [-0.2, 0) is 12.8 Å². The number of rotatable bonds is 9. The summed E-state index contributed by atoms with van der Waals surface area (Å²) in [5.74, 6) is -0.103. The highest BCUT2D eigenvalue weighted by molar-refractivity contribution is 5.99. The fraction of sp³-hybridized carbons (Fsp3) is 0.333. The highest BCUT2D eigenvalue weighted by atomic mass is 19.1. The molecule has 5 rings (SSSR count). The van der Waals surface area contributed by atoms with Gasteiger partial charge in [-0.2, -0.15) is 4.98 Å². The first-order valence-electron chi connectivity index (χ1n) is 12.6. The molecule has 0 spiro atoms. The van der Waals surface area contributed by atoms with Gasteiger partial charge in [0.1, 0.15) is 5.82 Å². The lowest BCUT2D eigenvalue weighted by atomic mass is 9.92. The molecule has 2 N–H and O–H groups in total. The van der Waals surface area contributed by atoms with Crippen LogP contribution in [0.2, 0.25) is 0 Å². The predicted octanol–water partition coefficient (Wildman–Crippen LogP) is 4.99. The minimum atomic E-state index is -2.08. The van der Waals surface area contributed by atoms with Crippen LogP contribution < -0.4 is 10.5 Å². The van der Waals surface area contributed by atoms with Crippen LogP contribution in [0.3, 0.4) is 0 Å². The minimum Gasteiger partial charge on any atom is -0.480 e. The Morgan fingerprint density at radius 3 is 2.89 bits per heavy atom. The van der Waals surface area contributed by atoms with Crippen LogP contribution in [0.5, 0.6) is 5.88 Å². The molecule has 0 atom stereocenters. The van der Waals surface area contributed by atoms with E-state index in [-0.39, 0.29) is 23.0 Å². The Morgan fingerprint density at radius 1 is 1.29 bits per heavy atom. The Labute approximate surface area is 206 Å². The Bertz CT molecular complexity index is 1500. The van der Waals surface area contributed by atoms with Gasteiger partial charge < -0.3 is 10.5 Å². The third kappa shape index (κ3) is 5.01. The number of carbonyl (C=O) groups is 1. The minimum absolute atomic E-state index is 0.0988. The van der Waals surface area contributed by atoms with Crippen LogP contribution in [0.25, 0.3) is 16.8 Å². The van der Waals surface area contributed by atoms with Crippen molar-refractivity contribution in [3.8, 4) is 17.0 Å². The third-order valence-electron chi connectivity index (χ3n) is 6.41. The van der Waals surface area contributed by atoms with E-state index in [2.05, 4.69) is 15.1 Å². The average molecular weight is 476 g/mol. The zero-order chi connectivity index (χ0) is 26.3. The molecule has 3 aromatic heterocycles. The topological polar surface area (TPSA) is 95.4 Å². The zero-order valence-corrected chi connectivity index (χ0v) is 19.7. The summed E-state index contributed by atoms with van der Waals surface area (Å²) in [6.07, 6.45) is 4.68. The molecule has 0 bridgehead atoms. The molecule has 1 aliphatic carbocycles. The molecule has 0 saturated heterocycles. The number of hydrogen-bond acceptors (Lipinski definition) is 6. The molecule has 0 unspecified atom stereocenters. The highest BCUT2D eigenvalue weighted by Gasteiger charge is 2.22. The second kappa shape index (κ2) is 9.44. The standard InChI is InChI=1S/C27H28FN5O2/c1-16-11-21(28)12-19(22(16)7-5-17-3-4-17)6-8-24(34)23-13-20(15-30-26(23)35-2)18-9-10-33-25(14-18)31-27(29)32-33/h9-15,17H,3-8H2,1-2H3,(H2,29,32)/i6D2. The first-order valence-corrected chi connectivity index (χ1v) is 11.6. The van der Waals surface area contributed by atoms with E-state index in [4.69, 9.17) is 13.2 Å². The van der Waals surface area contributed by atoms with E-state index in [1.807, 2.05) is 0 Å². The van der Waals surface area contributed by atoms with Gasteiger partial charge in [-0.15, -0.1) is 5.10 Å². The molecule has 4 aromatic rings. The lowest BCUT2D eigenvalue weighted by Gasteiger charge is -2.14. The van der Waals surface area contributed by atoms with Gasteiger partial charge in [0.25, 0.3) is 0 Å². The van der Waals surface area contributed by atoms with Crippen molar-refractivity contribution in [2.45, 2.75) is 45.4 Å². The maximum absolute atomic E-state index is 14.4. The summed E-state index contributed by atoms with van der Waals surface area (Å²) in [6.45, 7) is 1.79. The number of carbonyl (C=O) groups excluding carboxylic acids is 1. The van der Waals surface area contributed by atoms with Crippen molar-refractivity contribution in [3.05, 3.63) is 70.8 Å². The van der Waals surface area contributed by atoms with Gasteiger partial charge in [0.05, 0.1) is 12.7 Å². The van der Waals surface area contributed by atoms with Crippen molar-refractivity contribution in [2.24, 2.45) is 5.92 Å². The summed E-state index contributed by atoms with van der Waals surface area (Å²) in [4.78, 5) is 21.9. The number of ether oxygens (including phenoxy) is 1. The number of benzene rings is 1. The van der Waals surface area contributed by atoms with E-state index in [9.17, 15) is 9.18 Å². The van der Waals surface area contributed by atoms with Gasteiger partial charge >= 0.3 is 0 Å². The van der Waals surface area contributed by atoms with Crippen molar-refractivity contribution >= 4 is 17.4 Å². The Balaban J connectivity index is 1.47. The lowest BCUT2D eigenvalue weighted by Crippen LogP contribution is -2.08. The van der Waals surface area contributed by atoms with Crippen LogP contribution in [0, 0.1) is 18.7 Å².